The molecule has 0 atom stereocenters. The summed E-state index contributed by atoms with van der Waals surface area (Å²) in [5.41, 5.74) is 0.710. The predicted molar refractivity (Wildman–Crippen MR) is 47.7 cm³/mol. The molecule has 0 aliphatic heterocycles. The molecule has 2 rings (SSSR count). The Bertz CT molecular complexity index is 437. The van der Waals surface area contributed by atoms with E-state index < -0.39 is 5.95 Å². The van der Waals surface area contributed by atoms with E-state index in [-0.39, 0.29) is 5.82 Å². The minimum atomic E-state index is -0.422. The van der Waals surface area contributed by atoms with Crippen LogP contribution >= 0.6 is 0 Å². The molecule has 0 spiro atoms. The van der Waals surface area contributed by atoms with Crippen LogP contribution in [0.5, 0.6) is 0 Å². The Hall–Kier alpha value is -1.71. The van der Waals surface area contributed by atoms with Gasteiger partial charge in [0.05, 0.1) is 19.1 Å². The predicted octanol–water partition coefficient (Wildman–Crippen LogP) is 2.21. The number of hydrogen-bond donors (Lipinski definition) is 0. The number of benzene rings is 1. The second kappa shape index (κ2) is 3.57. The maximum Gasteiger partial charge on any atom is 0.213 e. The molecule has 2 aromatic rings. The van der Waals surface area contributed by atoms with E-state index in [0.717, 1.165) is 6.20 Å². The molecule has 2 nitrogen and oxygen atoms in total. The lowest BCUT2D eigenvalue weighted by atomic mass is 10.2. The first-order valence-corrected chi connectivity index (χ1v) is 4.16. The molecule has 0 bridgehead atoms. The highest BCUT2D eigenvalue weighted by Gasteiger charge is 2.01. The van der Waals surface area contributed by atoms with Crippen LogP contribution in [0.1, 0.15) is 5.56 Å². The first-order chi connectivity index (χ1) is 6.75. The largest absolute Gasteiger partial charge is 0.303 e. The van der Waals surface area contributed by atoms with Crippen LogP contribution in [0.3, 0.4) is 0 Å². The van der Waals surface area contributed by atoms with Crippen molar-refractivity contribution in [3.05, 3.63) is 54.1 Å². The van der Waals surface area contributed by atoms with Crippen molar-refractivity contribution in [2.75, 3.05) is 0 Å². The number of nitrogens with zero attached hydrogens (tertiary/aromatic N) is 2. The molecule has 0 unspecified atom stereocenters. The minimum Gasteiger partial charge on any atom is -0.303 e. The van der Waals surface area contributed by atoms with Gasteiger partial charge in [0, 0.05) is 0 Å². The molecule has 1 aromatic heterocycles. The van der Waals surface area contributed by atoms with Gasteiger partial charge < -0.3 is 4.57 Å². The van der Waals surface area contributed by atoms with Crippen LogP contribution in [0, 0.1) is 11.8 Å². The van der Waals surface area contributed by atoms with Crippen molar-refractivity contribution >= 4 is 0 Å². The van der Waals surface area contributed by atoms with E-state index in [1.807, 2.05) is 0 Å². The van der Waals surface area contributed by atoms with Gasteiger partial charge in [-0.1, -0.05) is 12.1 Å². The van der Waals surface area contributed by atoms with Crippen molar-refractivity contribution in [1.82, 2.24) is 9.55 Å². The summed E-state index contributed by atoms with van der Waals surface area (Å²) < 4.78 is 27.0. The van der Waals surface area contributed by atoms with Gasteiger partial charge in [0.15, 0.2) is 0 Å². The lowest BCUT2D eigenvalue weighted by Gasteiger charge is -2.02. The first kappa shape index (κ1) is 8.87. The van der Waals surface area contributed by atoms with Gasteiger partial charge in [0.25, 0.3) is 0 Å². The lowest BCUT2D eigenvalue weighted by Crippen LogP contribution is -2.00. The highest BCUT2D eigenvalue weighted by molar-refractivity contribution is 5.16. The molecule has 1 aromatic carbocycles. The molecule has 0 radical (unpaired) electrons. The molecule has 0 aliphatic rings. The minimum absolute atomic E-state index is 0.295. The fourth-order valence-electron chi connectivity index (χ4n) is 1.25. The molecule has 0 N–H and O–H groups in total. The average molecular weight is 194 g/mol. The van der Waals surface area contributed by atoms with Crippen molar-refractivity contribution in [1.29, 1.82) is 0 Å². The molecule has 14 heavy (non-hydrogen) atoms. The van der Waals surface area contributed by atoms with Gasteiger partial charge in [-0.25, -0.2) is 9.37 Å². The quantitative estimate of drug-likeness (QED) is 0.716. The van der Waals surface area contributed by atoms with Crippen molar-refractivity contribution in [3.63, 3.8) is 0 Å². The molecule has 0 amide bonds. The number of hydrogen-bond acceptors (Lipinski definition) is 1. The number of imidazole rings is 1. The van der Waals surface area contributed by atoms with E-state index in [1.54, 1.807) is 12.1 Å². The van der Waals surface area contributed by atoms with Crippen LogP contribution in [-0.2, 0) is 6.54 Å². The van der Waals surface area contributed by atoms with Crippen LogP contribution in [0.15, 0.2) is 36.8 Å². The zero-order chi connectivity index (χ0) is 9.97. The summed E-state index contributed by atoms with van der Waals surface area (Å²) in [6.45, 7) is 0.295. The monoisotopic (exact) mass is 194 g/mol. The van der Waals surface area contributed by atoms with E-state index in [9.17, 15) is 8.78 Å². The van der Waals surface area contributed by atoms with E-state index in [1.165, 1.54) is 23.0 Å². The molecule has 1 heterocycles. The Labute approximate surface area is 79.8 Å². The van der Waals surface area contributed by atoms with Gasteiger partial charge >= 0.3 is 0 Å². The second-order valence-electron chi connectivity index (χ2n) is 2.97. The van der Waals surface area contributed by atoms with Crippen LogP contribution in [0.4, 0.5) is 8.78 Å². The zero-order valence-electron chi connectivity index (χ0n) is 7.32. The standard InChI is InChI=1S/C10H8F2N2/c11-9-3-1-2-8(4-9)6-14-7-13-5-10(14)12/h1-5,7H,6H2. The molecule has 0 aliphatic carbocycles. The fraction of sp³-hybridized carbons (Fsp3) is 0.100. The smallest absolute Gasteiger partial charge is 0.213 e. The topological polar surface area (TPSA) is 17.8 Å². The normalized spacial score (nSPS) is 10.4. The maximum absolute atomic E-state index is 12.9. The molecular formula is C10H8F2N2. The van der Waals surface area contributed by atoms with Crippen molar-refractivity contribution in [2.24, 2.45) is 0 Å². The molecule has 0 saturated heterocycles. The Morgan fingerprint density at radius 1 is 1.29 bits per heavy atom. The number of halogens is 2. The number of rotatable bonds is 2. The second-order valence-corrected chi connectivity index (χ2v) is 2.97. The van der Waals surface area contributed by atoms with Crippen molar-refractivity contribution in [2.45, 2.75) is 6.54 Å². The van der Waals surface area contributed by atoms with Gasteiger partial charge in [0.1, 0.15) is 5.82 Å². The first-order valence-electron chi connectivity index (χ1n) is 4.16. The van der Waals surface area contributed by atoms with Gasteiger partial charge in [-0.15, -0.1) is 0 Å². The zero-order valence-corrected chi connectivity index (χ0v) is 7.32. The molecular weight excluding hydrogens is 186 g/mol. The molecule has 0 saturated carbocycles. The summed E-state index contributed by atoms with van der Waals surface area (Å²) >= 11 is 0. The van der Waals surface area contributed by atoms with Gasteiger partial charge in [-0.2, -0.15) is 4.39 Å². The maximum atomic E-state index is 12.9. The van der Waals surface area contributed by atoms with Gasteiger partial charge in [-0.3, -0.25) is 0 Å². The molecule has 0 fully saturated rings. The summed E-state index contributed by atoms with van der Waals surface area (Å²) in [4.78, 5) is 3.63. The Balaban J connectivity index is 2.23. The third-order valence-corrected chi connectivity index (χ3v) is 1.90. The van der Waals surface area contributed by atoms with Crippen LogP contribution in [0.2, 0.25) is 0 Å². The van der Waals surface area contributed by atoms with E-state index >= 15 is 0 Å². The number of aromatic nitrogens is 2. The Kier molecular flexibility index (Phi) is 2.26. The average Bonchev–Trinajstić information content (AvgIpc) is 2.52. The van der Waals surface area contributed by atoms with Gasteiger partial charge in [0.2, 0.25) is 5.95 Å². The molecule has 72 valence electrons. The summed E-state index contributed by atoms with van der Waals surface area (Å²) in [5.74, 6) is -0.739. The summed E-state index contributed by atoms with van der Waals surface area (Å²) in [6.07, 6.45) is 2.50. The van der Waals surface area contributed by atoms with Crippen LogP contribution in [0.25, 0.3) is 0 Å². The van der Waals surface area contributed by atoms with E-state index in [2.05, 4.69) is 4.98 Å². The van der Waals surface area contributed by atoms with Gasteiger partial charge in [-0.05, 0) is 17.7 Å². The third-order valence-electron chi connectivity index (χ3n) is 1.90. The highest BCUT2D eigenvalue weighted by Crippen LogP contribution is 2.07. The highest BCUT2D eigenvalue weighted by atomic mass is 19.1. The molecule has 4 heteroatoms. The summed E-state index contributed by atoms with van der Waals surface area (Å²) in [5, 5.41) is 0. The fourth-order valence-corrected chi connectivity index (χ4v) is 1.25. The van der Waals surface area contributed by atoms with E-state index in [4.69, 9.17) is 0 Å². The summed E-state index contributed by atoms with van der Waals surface area (Å²) in [6, 6.07) is 6.06. The van der Waals surface area contributed by atoms with Crippen LogP contribution in [-0.4, -0.2) is 9.55 Å². The summed E-state index contributed by atoms with van der Waals surface area (Å²) in [7, 11) is 0. The lowest BCUT2D eigenvalue weighted by molar-refractivity contribution is 0.515. The van der Waals surface area contributed by atoms with E-state index in [0.29, 0.717) is 12.1 Å². The Morgan fingerprint density at radius 2 is 2.14 bits per heavy atom. The SMILES string of the molecule is Fc1cccc(Cn2cncc2F)c1. The van der Waals surface area contributed by atoms with Crippen molar-refractivity contribution in [3.8, 4) is 0 Å². The van der Waals surface area contributed by atoms with Crippen LogP contribution < -0.4 is 0 Å². The Morgan fingerprint density at radius 3 is 2.79 bits per heavy atom. The van der Waals surface area contributed by atoms with Crippen molar-refractivity contribution < 1.29 is 8.78 Å². The third kappa shape index (κ3) is 1.79.